The van der Waals surface area contributed by atoms with Crippen molar-refractivity contribution in [3.63, 3.8) is 0 Å². The van der Waals surface area contributed by atoms with Crippen LogP contribution in [0.15, 0.2) is 42.5 Å². The predicted molar refractivity (Wildman–Crippen MR) is 91.9 cm³/mol. The average Bonchev–Trinajstić information content (AvgIpc) is 2.54. The number of alkyl halides is 3. The SMILES string of the molecule is Cc1cc(CNC(=O)CS(=O)(=O)Cc2ccc(C(F)(F)F)cc2)ccc1F. The van der Waals surface area contributed by atoms with Crippen LogP contribution in [-0.2, 0) is 33.1 Å². The molecular formula is C18H17F4NO3S. The molecule has 0 aliphatic rings. The Morgan fingerprint density at radius 2 is 1.63 bits per heavy atom. The Balaban J connectivity index is 1.92. The van der Waals surface area contributed by atoms with E-state index in [0.717, 1.165) is 24.3 Å². The van der Waals surface area contributed by atoms with E-state index in [-0.39, 0.29) is 17.9 Å². The van der Waals surface area contributed by atoms with Gasteiger partial charge < -0.3 is 5.32 Å². The largest absolute Gasteiger partial charge is 0.416 e. The van der Waals surface area contributed by atoms with Crippen LogP contribution >= 0.6 is 0 Å². The second kappa shape index (κ2) is 8.08. The number of aryl methyl sites for hydroxylation is 1. The van der Waals surface area contributed by atoms with Gasteiger partial charge in [-0.1, -0.05) is 24.3 Å². The first-order valence-corrected chi connectivity index (χ1v) is 9.67. The molecule has 2 aromatic carbocycles. The van der Waals surface area contributed by atoms with E-state index < -0.39 is 39.0 Å². The molecule has 0 spiro atoms. The summed E-state index contributed by atoms with van der Waals surface area (Å²) in [4.78, 5) is 11.8. The van der Waals surface area contributed by atoms with E-state index in [1.54, 1.807) is 6.92 Å². The third-order valence-corrected chi connectivity index (χ3v) is 5.21. The molecule has 1 amide bonds. The van der Waals surface area contributed by atoms with Crippen LogP contribution < -0.4 is 5.32 Å². The monoisotopic (exact) mass is 403 g/mol. The standard InChI is InChI=1S/C18H17F4NO3S/c1-12-8-14(4-7-16(12)19)9-23-17(24)11-27(25,26)10-13-2-5-15(6-3-13)18(20,21)22/h2-8H,9-11H2,1H3,(H,23,24). The Morgan fingerprint density at radius 3 is 2.19 bits per heavy atom. The number of amides is 1. The number of nitrogens with one attached hydrogen (secondary N) is 1. The Morgan fingerprint density at radius 1 is 1.04 bits per heavy atom. The molecule has 2 rings (SSSR count). The summed E-state index contributed by atoms with van der Waals surface area (Å²) in [6, 6.07) is 7.98. The zero-order chi connectivity index (χ0) is 20.2. The minimum atomic E-state index is -4.50. The molecule has 0 saturated carbocycles. The molecule has 2 aromatic rings. The van der Waals surface area contributed by atoms with Crippen LogP contribution in [-0.4, -0.2) is 20.1 Å². The quantitative estimate of drug-likeness (QED) is 0.753. The summed E-state index contributed by atoms with van der Waals surface area (Å²) in [5, 5.41) is 2.43. The summed E-state index contributed by atoms with van der Waals surface area (Å²) in [6.07, 6.45) is -4.50. The van der Waals surface area contributed by atoms with Crippen molar-refractivity contribution in [3.8, 4) is 0 Å². The lowest BCUT2D eigenvalue weighted by atomic mass is 10.1. The minimum absolute atomic E-state index is 0.0375. The van der Waals surface area contributed by atoms with Crippen LogP contribution in [0.4, 0.5) is 17.6 Å². The summed E-state index contributed by atoms with van der Waals surface area (Å²) >= 11 is 0. The maximum atomic E-state index is 13.2. The molecule has 0 saturated heterocycles. The van der Waals surface area contributed by atoms with Gasteiger partial charge in [-0.15, -0.1) is 0 Å². The van der Waals surface area contributed by atoms with E-state index in [0.29, 0.717) is 11.1 Å². The lowest BCUT2D eigenvalue weighted by Gasteiger charge is -2.09. The number of benzene rings is 2. The average molecular weight is 403 g/mol. The number of carbonyl (C=O) groups excluding carboxylic acids is 1. The van der Waals surface area contributed by atoms with E-state index in [2.05, 4.69) is 5.32 Å². The maximum Gasteiger partial charge on any atom is 0.416 e. The van der Waals surface area contributed by atoms with Gasteiger partial charge in [0, 0.05) is 6.54 Å². The number of hydrogen-bond donors (Lipinski definition) is 1. The lowest BCUT2D eigenvalue weighted by Crippen LogP contribution is -2.30. The Kier molecular flexibility index (Phi) is 6.25. The van der Waals surface area contributed by atoms with Gasteiger partial charge >= 0.3 is 6.18 Å². The van der Waals surface area contributed by atoms with Gasteiger partial charge in [0.15, 0.2) is 9.84 Å². The van der Waals surface area contributed by atoms with Gasteiger partial charge in [-0.05, 0) is 41.8 Å². The summed E-state index contributed by atoms with van der Waals surface area (Å²) in [5.74, 6) is -2.48. The van der Waals surface area contributed by atoms with Crippen molar-refractivity contribution in [2.45, 2.75) is 25.4 Å². The summed E-state index contributed by atoms with van der Waals surface area (Å²) in [7, 11) is -3.85. The zero-order valence-corrected chi connectivity index (χ0v) is 15.1. The number of sulfone groups is 1. The maximum absolute atomic E-state index is 13.2. The smallest absolute Gasteiger partial charge is 0.351 e. The molecule has 0 aliphatic carbocycles. The second-order valence-electron chi connectivity index (χ2n) is 6.09. The van der Waals surface area contributed by atoms with Crippen molar-refractivity contribution < 1.29 is 30.8 Å². The molecule has 146 valence electrons. The van der Waals surface area contributed by atoms with E-state index >= 15 is 0 Å². The van der Waals surface area contributed by atoms with Crippen LogP contribution in [0.25, 0.3) is 0 Å². The van der Waals surface area contributed by atoms with E-state index in [9.17, 15) is 30.8 Å². The first kappa shape index (κ1) is 20.9. The Hall–Kier alpha value is -2.42. The van der Waals surface area contributed by atoms with E-state index in [4.69, 9.17) is 0 Å². The molecule has 0 radical (unpaired) electrons. The van der Waals surface area contributed by atoms with Crippen LogP contribution in [0.3, 0.4) is 0 Å². The van der Waals surface area contributed by atoms with Crippen molar-refractivity contribution in [1.82, 2.24) is 5.32 Å². The third-order valence-electron chi connectivity index (χ3n) is 3.73. The Labute approximate surface area is 154 Å². The highest BCUT2D eigenvalue weighted by Crippen LogP contribution is 2.29. The molecule has 9 heteroatoms. The van der Waals surface area contributed by atoms with Gasteiger partial charge in [-0.25, -0.2) is 12.8 Å². The molecule has 0 aromatic heterocycles. The molecule has 0 fully saturated rings. The second-order valence-corrected chi connectivity index (χ2v) is 8.15. The van der Waals surface area contributed by atoms with E-state index in [1.807, 2.05) is 0 Å². The molecule has 0 unspecified atom stereocenters. The van der Waals surface area contributed by atoms with Crippen molar-refractivity contribution in [2.24, 2.45) is 0 Å². The van der Waals surface area contributed by atoms with E-state index in [1.165, 1.54) is 18.2 Å². The molecule has 0 atom stereocenters. The molecule has 0 bridgehead atoms. The minimum Gasteiger partial charge on any atom is -0.351 e. The molecule has 0 aliphatic heterocycles. The van der Waals surface area contributed by atoms with Crippen molar-refractivity contribution in [3.05, 3.63) is 70.5 Å². The lowest BCUT2D eigenvalue weighted by molar-refractivity contribution is -0.137. The van der Waals surface area contributed by atoms with Crippen molar-refractivity contribution in [1.29, 1.82) is 0 Å². The topological polar surface area (TPSA) is 63.2 Å². The fourth-order valence-electron chi connectivity index (χ4n) is 2.36. The molecule has 27 heavy (non-hydrogen) atoms. The molecule has 4 nitrogen and oxygen atoms in total. The van der Waals surface area contributed by atoms with Crippen molar-refractivity contribution in [2.75, 3.05) is 5.75 Å². The first-order chi connectivity index (χ1) is 12.5. The van der Waals surface area contributed by atoms with Crippen LogP contribution in [0.1, 0.15) is 22.3 Å². The molecule has 1 N–H and O–H groups in total. The number of halogens is 4. The molecular weight excluding hydrogens is 386 g/mol. The van der Waals surface area contributed by atoms with Crippen LogP contribution in [0.2, 0.25) is 0 Å². The summed E-state index contributed by atoms with van der Waals surface area (Å²) in [6.45, 7) is 1.60. The molecule has 0 heterocycles. The summed E-state index contributed by atoms with van der Waals surface area (Å²) in [5.41, 5.74) is 0.292. The predicted octanol–water partition coefficient (Wildman–Crippen LogP) is 3.38. The highest BCUT2D eigenvalue weighted by Gasteiger charge is 2.30. The van der Waals surface area contributed by atoms with Gasteiger partial charge in [-0.3, -0.25) is 4.79 Å². The van der Waals surface area contributed by atoms with Crippen LogP contribution in [0, 0.1) is 12.7 Å². The van der Waals surface area contributed by atoms with Gasteiger partial charge in [0.1, 0.15) is 11.6 Å². The third kappa shape index (κ3) is 6.35. The fraction of sp³-hybridized carbons (Fsp3) is 0.278. The summed E-state index contributed by atoms with van der Waals surface area (Å²) < 4.78 is 74.9. The number of hydrogen-bond acceptors (Lipinski definition) is 3. The van der Waals surface area contributed by atoms with Gasteiger partial charge in [0.2, 0.25) is 5.91 Å². The zero-order valence-electron chi connectivity index (χ0n) is 14.3. The fourth-order valence-corrected chi connectivity index (χ4v) is 3.67. The normalized spacial score (nSPS) is 12.0. The number of rotatable bonds is 6. The van der Waals surface area contributed by atoms with Crippen molar-refractivity contribution >= 4 is 15.7 Å². The highest BCUT2D eigenvalue weighted by atomic mass is 32.2. The van der Waals surface area contributed by atoms with Gasteiger partial charge in [-0.2, -0.15) is 13.2 Å². The highest BCUT2D eigenvalue weighted by molar-refractivity contribution is 7.91. The van der Waals surface area contributed by atoms with Crippen LogP contribution in [0.5, 0.6) is 0 Å². The Bertz CT molecular complexity index is 923. The van der Waals surface area contributed by atoms with Gasteiger partial charge in [0.05, 0.1) is 11.3 Å². The van der Waals surface area contributed by atoms with Gasteiger partial charge in [0.25, 0.3) is 0 Å². The number of carbonyl (C=O) groups is 1. The first-order valence-electron chi connectivity index (χ1n) is 7.84.